The van der Waals surface area contributed by atoms with E-state index in [1.807, 2.05) is 0 Å². The van der Waals surface area contributed by atoms with Crippen molar-refractivity contribution in [2.45, 2.75) is 6.54 Å². The molecule has 0 atom stereocenters. The molecule has 0 aliphatic rings. The number of amides is 1. The van der Waals surface area contributed by atoms with Gasteiger partial charge < -0.3 is 4.90 Å². The number of halogens is 3. The highest BCUT2D eigenvalue weighted by molar-refractivity contribution is 6.30. The zero-order chi connectivity index (χ0) is 11.4. The molecule has 82 valence electrons. The lowest BCUT2D eigenvalue weighted by Crippen LogP contribution is -2.27. The lowest BCUT2D eigenvalue weighted by molar-refractivity contribution is -0.127. The van der Waals surface area contributed by atoms with Crippen LogP contribution in [-0.4, -0.2) is 23.7 Å². The van der Waals surface area contributed by atoms with E-state index in [1.165, 1.54) is 11.0 Å². The lowest BCUT2D eigenvalue weighted by atomic mass is 10.2. The molecule has 0 heterocycles. The van der Waals surface area contributed by atoms with E-state index >= 15 is 0 Å². The second-order valence-electron chi connectivity index (χ2n) is 3.10. The van der Waals surface area contributed by atoms with Crippen molar-refractivity contribution in [3.8, 4) is 0 Å². The van der Waals surface area contributed by atoms with E-state index in [0.29, 0.717) is 5.56 Å². The summed E-state index contributed by atoms with van der Waals surface area (Å²) in [5, 5.41) is 0.0548. The summed E-state index contributed by atoms with van der Waals surface area (Å²) in [5.41, 5.74) is 0.378. The van der Waals surface area contributed by atoms with Gasteiger partial charge >= 0.3 is 0 Å². The van der Waals surface area contributed by atoms with Crippen molar-refractivity contribution in [3.63, 3.8) is 0 Å². The first-order valence-corrected chi connectivity index (χ1v) is 5.20. The molecule has 5 heteroatoms. The summed E-state index contributed by atoms with van der Waals surface area (Å²) in [6, 6.07) is 4.68. The molecule has 1 aromatic carbocycles. The van der Waals surface area contributed by atoms with Gasteiger partial charge in [-0.05, 0) is 6.07 Å². The Hall–Kier alpha value is -0.800. The van der Waals surface area contributed by atoms with Crippen LogP contribution in [-0.2, 0) is 11.3 Å². The van der Waals surface area contributed by atoms with Crippen LogP contribution in [0.2, 0.25) is 5.02 Å². The molecule has 1 amide bonds. The maximum atomic E-state index is 13.4. The molecule has 0 fully saturated rings. The fraction of sp³-hybridized carbons (Fsp3) is 0.300. The molecule has 0 bridgehead atoms. The van der Waals surface area contributed by atoms with Gasteiger partial charge in [-0.1, -0.05) is 23.7 Å². The van der Waals surface area contributed by atoms with E-state index in [1.54, 1.807) is 19.2 Å². The molecule has 1 aromatic rings. The Morgan fingerprint density at radius 3 is 2.80 bits per heavy atom. The smallest absolute Gasteiger partial charge is 0.237 e. The molecule has 2 nitrogen and oxygen atoms in total. The third kappa shape index (κ3) is 3.08. The summed E-state index contributed by atoms with van der Waals surface area (Å²) < 4.78 is 13.4. The molecule has 0 saturated carbocycles. The van der Waals surface area contributed by atoms with Crippen LogP contribution in [0.5, 0.6) is 0 Å². The van der Waals surface area contributed by atoms with Gasteiger partial charge in [-0.25, -0.2) is 4.39 Å². The highest BCUT2D eigenvalue weighted by atomic mass is 35.5. The molecule has 0 aliphatic carbocycles. The minimum Gasteiger partial charge on any atom is -0.340 e. The number of rotatable bonds is 3. The maximum Gasteiger partial charge on any atom is 0.237 e. The first-order valence-electron chi connectivity index (χ1n) is 4.29. The second kappa shape index (κ2) is 5.33. The minimum atomic E-state index is -0.492. The summed E-state index contributed by atoms with van der Waals surface area (Å²) in [7, 11) is 1.56. The standard InChI is InChI=1S/C10H10Cl2FNO/c1-14(9(15)5-11)6-7-3-2-4-8(12)10(7)13/h2-4H,5-6H2,1H3. The van der Waals surface area contributed by atoms with Crippen LogP contribution in [0.25, 0.3) is 0 Å². The Labute approximate surface area is 97.6 Å². The Morgan fingerprint density at radius 2 is 2.20 bits per heavy atom. The number of nitrogens with zero attached hydrogens (tertiary/aromatic N) is 1. The highest BCUT2D eigenvalue weighted by Crippen LogP contribution is 2.18. The summed E-state index contributed by atoms with van der Waals surface area (Å²) in [4.78, 5) is 12.5. The van der Waals surface area contributed by atoms with Crippen LogP contribution in [0.15, 0.2) is 18.2 Å². The average Bonchev–Trinajstić information content (AvgIpc) is 2.23. The van der Waals surface area contributed by atoms with Crippen LogP contribution in [0.3, 0.4) is 0 Å². The van der Waals surface area contributed by atoms with Gasteiger partial charge in [0.05, 0.1) is 5.02 Å². The molecule has 0 aliphatic heterocycles. The topological polar surface area (TPSA) is 20.3 Å². The molecule has 15 heavy (non-hydrogen) atoms. The summed E-state index contributed by atoms with van der Waals surface area (Å²) in [6.07, 6.45) is 0. The van der Waals surface area contributed by atoms with Gasteiger partial charge in [0, 0.05) is 19.2 Å². The zero-order valence-corrected chi connectivity index (χ0v) is 9.65. The van der Waals surface area contributed by atoms with E-state index in [9.17, 15) is 9.18 Å². The van der Waals surface area contributed by atoms with Gasteiger partial charge in [-0.3, -0.25) is 4.79 Å². The molecular formula is C10H10Cl2FNO. The van der Waals surface area contributed by atoms with E-state index in [2.05, 4.69) is 0 Å². The highest BCUT2D eigenvalue weighted by Gasteiger charge is 2.11. The zero-order valence-electron chi connectivity index (χ0n) is 8.14. The van der Waals surface area contributed by atoms with E-state index in [4.69, 9.17) is 23.2 Å². The van der Waals surface area contributed by atoms with Gasteiger partial charge in [-0.15, -0.1) is 11.6 Å². The predicted molar refractivity (Wildman–Crippen MR) is 58.6 cm³/mol. The molecule has 0 N–H and O–H groups in total. The van der Waals surface area contributed by atoms with Crippen LogP contribution in [0.4, 0.5) is 4.39 Å². The minimum absolute atomic E-state index is 0.0548. The van der Waals surface area contributed by atoms with Crippen molar-refractivity contribution in [3.05, 3.63) is 34.6 Å². The molecule has 0 radical (unpaired) electrons. The average molecular weight is 250 g/mol. The van der Waals surface area contributed by atoms with E-state index in [-0.39, 0.29) is 23.4 Å². The first-order chi connectivity index (χ1) is 7.06. The Bertz CT molecular complexity index is 370. The maximum absolute atomic E-state index is 13.4. The number of benzene rings is 1. The van der Waals surface area contributed by atoms with Crippen LogP contribution in [0.1, 0.15) is 5.56 Å². The Morgan fingerprint density at radius 1 is 1.53 bits per heavy atom. The van der Waals surface area contributed by atoms with Crippen LogP contribution < -0.4 is 0 Å². The molecule has 1 rings (SSSR count). The van der Waals surface area contributed by atoms with Crippen LogP contribution in [0, 0.1) is 5.82 Å². The van der Waals surface area contributed by atoms with Gasteiger partial charge in [-0.2, -0.15) is 0 Å². The van der Waals surface area contributed by atoms with Crippen molar-refractivity contribution in [1.29, 1.82) is 0 Å². The second-order valence-corrected chi connectivity index (χ2v) is 3.77. The van der Waals surface area contributed by atoms with Crippen molar-refractivity contribution in [1.82, 2.24) is 4.90 Å². The number of alkyl halides is 1. The van der Waals surface area contributed by atoms with Gasteiger partial charge in [0.25, 0.3) is 0 Å². The lowest BCUT2D eigenvalue weighted by Gasteiger charge is -2.16. The largest absolute Gasteiger partial charge is 0.340 e. The van der Waals surface area contributed by atoms with Crippen molar-refractivity contribution in [2.24, 2.45) is 0 Å². The summed E-state index contributed by atoms with van der Waals surface area (Å²) in [6.45, 7) is 0.165. The number of carbonyl (C=O) groups is 1. The Balaban J connectivity index is 2.81. The number of hydrogen-bond donors (Lipinski definition) is 0. The van der Waals surface area contributed by atoms with Gasteiger partial charge in [0.15, 0.2) is 0 Å². The number of hydrogen-bond acceptors (Lipinski definition) is 1. The summed E-state index contributed by atoms with van der Waals surface area (Å²) in [5.74, 6) is -0.858. The number of carbonyl (C=O) groups excluding carboxylic acids is 1. The van der Waals surface area contributed by atoms with Gasteiger partial charge in [0.2, 0.25) is 5.91 Å². The molecule has 0 saturated heterocycles. The van der Waals surface area contributed by atoms with Crippen LogP contribution >= 0.6 is 23.2 Å². The van der Waals surface area contributed by atoms with Gasteiger partial charge in [0.1, 0.15) is 11.7 Å². The monoisotopic (exact) mass is 249 g/mol. The Kier molecular flexibility index (Phi) is 4.36. The molecule has 0 aromatic heterocycles. The quantitative estimate of drug-likeness (QED) is 0.755. The fourth-order valence-corrected chi connectivity index (χ4v) is 1.51. The molecular weight excluding hydrogens is 240 g/mol. The predicted octanol–water partition coefficient (Wildman–Crippen LogP) is 2.68. The fourth-order valence-electron chi connectivity index (χ4n) is 1.12. The third-order valence-electron chi connectivity index (χ3n) is 1.98. The van der Waals surface area contributed by atoms with Crippen molar-refractivity contribution in [2.75, 3.05) is 12.9 Å². The van der Waals surface area contributed by atoms with E-state index in [0.717, 1.165) is 0 Å². The summed E-state index contributed by atoms with van der Waals surface area (Å²) >= 11 is 11.0. The van der Waals surface area contributed by atoms with Crippen molar-refractivity contribution < 1.29 is 9.18 Å². The molecule has 0 unspecified atom stereocenters. The first kappa shape index (κ1) is 12.3. The van der Waals surface area contributed by atoms with Crippen molar-refractivity contribution >= 4 is 29.1 Å². The SMILES string of the molecule is CN(Cc1cccc(Cl)c1F)C(=O)CCl. The normalized spacial score (nSPS) is 10.1. The van der Waals surface area contributed by atoms with E-state index < -0.39 is 5.82 Å². The third-order valence-corrected chi connectivity index (χ3v) is 2.50. The molecule has 0 spiro atoms.